The molecule has 24 heavy (non-hydrogen) atoms. The lowest BCUT2D eigenvalue weighted by molar-refractivity contribution is 0.405. The predicted molar refractivity (Wildman–Crippen MR) is 109 cm³/mol. The van der Waals surface area contributed by atoms with Crippen LogP contribution in [0.4, 0.5) is 0 Å². The number of hydrogen-bond acceptors (Lipinski definition) is 3. The van der Waals surface area contributed by atoms with E-state index in [0.29, 0.717) is 14.3 Å². The molecule has 0 radical (unpaired) electrons. The highest BCUT2D eigenvalue weighted by Gasteiger charge is 2.33. The third-order valence-corrected chi connectivity index (χ3v) is 7.01. The van der Waals surface area contributed by atoms with Crippen LogP contribution in [0.5, 0.6) is 11.5 Å². The van der Waals surface area contributed by atoms with Crippen LogP contribution in [0, 0.1) is 0 Å². The van der Waals surface area contributed by atoms with Gasteiger partial charge in [-0.2, -0.15) is 12.6 Å². The van der Waals surface area contributed by atoms with E-state index in [0.717, 1.165) is 36.3 Å². The van der Waals surface area contributed by atoms with Gasteiger partial charge in [0.1, 0.15) is 11.5 Å². The van der Waals surface area contributed by atoms with E-state index in [1.807, 2.05) is 12.1 Å². The van der Waals surface area contributed by atoms with Gasteiger partial charge in [-0.1, -0.05) is 53.1 Å². The third-order valence-electron chi connectivity index (χ3n) is 4.56. The van der Waals surface area contributed by atoms with Crippen LogP contribution in [0.15, 0.2) is 42.5 Å². The highest BCUT2D eigenvalue weighted by atomic mass is 32.1. The van der Waals surface area contributed by atoms with Crippen molar-refractivity contribution in [1.82, 2.24) is 0 Å². The number of rotatable bonds is 8. The van der Waals surface area contributed by atoms with Gasteiger partial charge in [0, 0.05) is 16.5 Å². The fourth-order valence-electron chi connectivity index (χ4n) is 3.21. The summed E-state index contributed by atoms with van der Waals surface area (Å²) in [5.74, 6) is 1.89. The zero-order chi connectivity index (χ0) is 17.6. The van der Waals surface area contributed by atoms with Crippen LogP contribution < -0.4 is 10.0 Å². The normalized spacial score (nSPS) is 14.0. The summed E-state index contributed by atoms with van der Waals surface area (Å²) in [6, 6.07) is 14.1. The third kappa shape index (κ3) is 4.07. The summed E-state index contributed by atoms with van der Waals surface area (Å²) in [7, 11) is 2.25. The molecule has 0 aliphatic carbocycles. The molecule has 2 unspecified atom stereocenters. The van der Waals surface area contributed by atoms with Gasteiger partial charge in [0.25, 0.3) is 0 Å². The Labute approximate surface area is 152 Å². The van der Waals surface area contributed by atoms with Gasteiger partial charge >= 0.3 is 0 Å². The number of benzene rings is 2. The number of thiol groups is 1. The Morgan fingerprint density at radius 3 is 2.54 bits per heavy atom. The quantitative estimate of drug-likeness (QED) is 0.497. The van der Waals surface area contributed by atoms with E-state index >= 15 is 0 Å². The van der Waals surface area contributed by atoms with Crippen molar-refractivity contribution in [2.45, 2.75) is 44.0 Å². The van der Waals surface area contributed by atoms with Gasteiger partial charge in [-0.25, -0.2) is 0 Å². The molecule has 0 spiro atoms. The Balaban J connectivity index is 2.54. The number of phenols is 1. The molecule has 2 aromatic rings. The first-order valence-corrected chi connectivity index (χ1v) is 10.1. The minimum Gasteiger partial charge on any atom is -0.508 e. The van der Waals surface area contributed by atoms with E-state index in [9.17, 15) is 5.11 Å². The van der Waals surface area contributed by atoms with Crippen molar-refractivity contribution < 1.29 is 9.84 Å². The van der Waals surface area contributed by atoms with Crippen molar-refractivity contribution in [2.24, 2.45) is 0 Å². The van der Waals surface area contributed by atoms with E-state index in [1.165, 1.54) is 10.9 Å². The molecular weight excluding hydrogens is 335 g/mol. The largest absolute Gasteiger partial charge is 0.508 e. The molecule has 4 heteroatoms. The second kappa shape index (κ2) is 8.78. The Morgan fingerprint density at radius 2 is 1.92 bits per heavy atom. The Kier molecular flexibility index (Phi) is 7.01. The first-order valence-electron chi connectivity index (χ1n) is 8.44. The van der Waals surface area contributed by atoms with Gasteiger partial charge in [0.05, 0.1) is 7.11 Å². The summed E-state index contributed by atoms with van der Waals surface area (Å²) in [5, 5.41) is 11.8. The van der Waals surface area contributed by atoms with E-state index < -0.39 is 0 Å². The molecule has 0 fully saturated rings. The highest BCUT2D eigenvalue weighted by Crippen LogP contribution is 2.51. The van der Waals surface area contributed by atoms with Crippen molar-refractivity contribution in [3.05, 3.63) is 53.6 Å². The van der Waals surface area contributed by atoms with Crippen molar-refractivity contribution in [1.29, 1.82) is 0 Å². The summed E-state index contributed by atoms with van der Waals surface area (Å²) in [6.45, 7) is 4.42. The van der Waals surface area contributed by atoms with Gasteiger partial charge in [-0.15, -0.1) is 0 Å². The Bertz CT molecular complexity index is 674. The summed E-state index contributed by atoms with van der Waals surface area (Å²) in [5.41, 5.74) is 2.27. The summed E-state index contributed by atoms with van der Waals surface area (Å²) in [6.07, 6.45) is 3.07. The fourth-order valence-corrected chi connectivity index (χ4v) is 5.55. The zero-order valence-electron chi connectivity index (χ0n) is 14.7. The average molecular weight is 362 g/mol. The van der Waals surface area contributed by atoms with Crippen molar-refractivity contribution in [2.75, 3.05) is 7.11 Å². The van der Waals surface area contributed by atoms with Crippen molar-refractivity contribution in [3.63, 3.8) is 0 Å². The van der Waals surface area contributed by atoms with E-state index in [-0.39, 0.29) is 5.16 Å². The second-order valence-corrected chi connectivity index (χ2v) is 8.07. The molecule has 0 saturated carbocycles. The van der Waals surface area contributed by atoms with Crippen molar-refractivity contribution in [3.8, 4) is 11.5 Å². The second-order valence-electron chi connectivity index (χ2n) is 6.01. The topological polar surface area (TPSA) is 29.5 Å². The first kappa shape index (κ1) is 19.1. The van der Waals surface area contributed by atoms with Crippen LogP contribution in [-0.4, -0.2) is 12.2 Å². The van der Waals surface area contributed by atoms with E-state index in [1.54, 1.807) is 13.2 Å². The smallest absolute Gasteiger partial charge is 0.119 e. The molecule has 0 heterocycles. The number of hydrogen-bond donors (Lipinski definition) is 2. The van der Waals surface area contributed by atoms with Gasteiger partial charge in [0.2, 0.25) is 0 Å². The lowest BCUT2D eigenvalue weighted by Gasteiger charge is -2.35. The molecule has 0 amide bonds. The summed E-state index contributed by atoms with van der Waals surface area (Å²) in [4.78, 5) is 0. The molecule has 0 aliphatic heterocycles. The molecule has 0 aliphatic rings. The Hall–Kier alpha value is -1.18. The zero-order valence-corrected chi connectivity index (χ0v) is 16.6. The van der Waals surface area contributed by atoms with Crippen LogP contribution in [0.1, 0.15) is 44.2 Å². The molecule has 0 bridgehead atoms. The van der Waals surface area contributed by atoms with Gasteiger partial charge in [-0.3, -0.25) is 0 Å². The van der Waals surface area contributed by atoms with Gasteiger partial charge in [-0.05, 0) is 41.9 Å². The molecule has 2 rings (SSSR count). The monoisotopic (exact) mass is 362 g/mol. The molecule has 2 nitrogen and oxygen atoms in total. The number of aromatic hydroxyl groups is 1. The molecule has 130 valence electrons. The maximum atomic E-state index is 10.6. The fraction of sp³-hybridized carbons (Fsp3) is 0.400. The number of ether oxygens (including phenoxy) is 1. The van der Waals surface area contributed by atoms with Crippen LogP contribution >= 0.6 is 21.2 Å². The van der Waals surface area contributed by atoms with Gasteiger partial charge < -0.3 is 9.84 Å². The molecular formula is C20H27O2PS. The maximum absolute atomic E-state index is 10.6. The summed E-state index contributed by atoms with van der Waals surface area (Å²) >= 11 is 4.49. The Morgan fingerprint density at radius 1 is 1.17 bits per heavy atom. The highest BCUT2D eigenvalue weighted by molar-refractivity contribution is 7.79. The minimum atomic E-state index is -0.0770. The van der Waals surface area contributed by atoms with Crippen LogP contribution in [0.3, 0.4) is 0 Å². The van der Waals surface area contributed by atoms with Crippen LogP contribution in [0.25, 0.3) is 0 Å². The lowest BCUT2D eigenvalue weighted by atomic mass is 9.90. The molecule has 0 aromatic heterocycles. The molecule has 2 atom stereocenters. The maximum Gasteiger partial charge on any atom is 0.119 e. The van der Waals surface area contributed by atoms with E-state index in [2.05, 4.69) is 50.7 Å². The van der Waals surface area contributed by atoms with Crippen LogP contribution in [-0.2, 0) is 10.9 Å². The van der Waals surface area contributed by atoms with Crippen LogP contribution in [0.2, 0.25) is 0 Å². The molecule has 2 aromatic carbocycles. The van der Waals surface area contributed by atoms with Crippen molar-refractivity contribution >= 4 is 26.5 Å². The minimum absolute atomic E-state index is 0.0770. The standard InChI is InChI=1S/C20H27O2PS/c1-4-12-20(5-2,17-13-16(22-3)10-11-18(17)21)23-19-9-7-6-8-15(19)14-24/h6-11,13,21,23-24H,4-5,12,14H2,1-3H3. The first-order chi connectivity index (χ1) is 11.6. The number of phenolic OH excluding ortho intramolecular Hbond substituents is 1. The number of methoxy groups -OCH3 is 1. The van der Waals surface area contributed by atoms with E-state index in [4.69, 9.17) is 4.74 Å². The average Bonchev–Trinajstić information content (AvgIpc) is 2.62. The summed E-state index contributed by atoms with van der Waals surface area (Å²) < 4.78 is 5.40. The lowest BCUT2D eigenvalue weighted by Crippen LogP contribution is -2.24. The predicted octanol–water partition coefficient (Wildman–Crippen LogP) is 5.24. The SMILES string of the molecule is CCCC(CC)(Pc1ccccc1CS)c1cc(OC)ccc1O. The van der Waals surface area contributed by atoms with Gasteiger partial charge in [0.15, 0.2) is 0 Å². The molecule has 1 N–H and O–H groups in total. The molecule has 0 saturated heterocycles.